The lowest BCUT2D eigenvalue weighted by Gasteiger charge is -2.26. The molecular formula is C23H24N6O3. The van der Waals surface area contributed by atoms with E-state index in [1.54, 1.807) is 4.68 Å². The van der Waals surface area contributed by atoms with Crippen molar-refractivity contribution < 1.29 is 14.1 Å². The lowest BCUT2D eigenvalue weighted by molar-refractivity contribution is -0.135. The van der Waals surface area contributed by atoms with Crippen LogP contribution in [-0.4, -0.2) is 62.2 Å². The Morgan fingerprint density at radius 1 is 1.03 bits per heavy atom. The second-order valence-electron chi connectivity index (χ2n) is 8.06. The van der Waals surface area contributed by atoms with Gasteiger partial charge in [-0.25, -0.2) is 4.68 Å². The van der Waals surface area contributed by atoms with Gasteiger partial charge in [-0.2, -0.15) is 4.98 Å². The molecule has 1 aliphatic rings. The second-order valence-corrected chi connectivity index (χ2v) is 8.06. The van der Waals surface area contributed by atoms with Crippen molar-refractivity contribution in [2.24, 2.45) is 0 Å². The maximum absolute atomic E-state index is 12.4. The number of amides is 1. The molecule has 1 aliphatic heterocycles. The van der Waals surface area contributed by atoms with Crippen molar-refractivity contribution in [3.63, 3.8) is 0 Å². The lowest BCUT2D eigenvalue weighted by atomic mass is 10.1. The third-order valence-corrected chi connectivity index (χ3v) is 5.57. The molecule has 0 unspecified atom stereocenters. The van der Waals surface area contributed by atoms with Crippen LogP contribution in [0.2, 0.25) is 0 Å². The molecule has 32 heavy (non-hydrogen) atoms. The van der Waals surface area contributed by atoms with Crippen molar-refractivity contribution in [1.29, 1.82) is 0 Å². The fraction of sp³-hybridized carbons (Fsp3) is 0.348. The van der Waals surface area contributed by atoms with Crippen LogP contribution in [0, 0.1) is 13.8 Å². The normalized spacial score (nSPS) is 14.2. The van der Waals surface area contributed by atoms with Crippen molar-refractivity contribution >= 4 is 16.9 Å². The first-order chi connectivity index (χ1) is 15.6. The van der Waals surface area contributed by atoms with Gasteiger partial charge in [0.2, 0.25) is 11.7 Å². The second kappa shape index (κ2) is 8.51. The first kappa shape index (κ1) is 20.3. The van der Waals surface area contributed by atoms with Gasteiger partial charge in [0.1, 0.15) is 5.52 Å². The van der Waals surface area contributed by atoms with Crippen molar-refractivity contribution in [3.05, 3.63) is 47.5 Å². The van der Waals surface area contributed by atoms with Crippen LogP contribution in [0.3, 0.4) is 0 Å². The molecule has 3 heterocycles. The number of carbonyl (C=O) groups excluding carboxylic acids is 1. The van der Waals surface area contributed by atoms with Crippen LogP contribution in [0.1, 0.15) is 17.5 Å². The highest BCUT2D eigenvalue weighted by molar-refractivity contribution is 5.80. The summed E-state index contributed by atoms with van der Waals surface area (Å²) in [5, 5.41) is 12.6. The Labute approximate surface area is 185 Å². The van der Waals surface area contributed by atoms with Gasteiger partial charge in [0.15, 0.2) is 0 Å². The third-order valence-electron chi connectivity index (χ3n) is 5.57. The van der Waals surface area contributed by atoms with Crippen LogP contribution in [0.25, 0.3) is 33.9 Å². The molecule has 2 aromatic carbocycles. The number of hydrogen-bond acceptors (Lipinski definition) is 7. The Hall–Kier alpha value is -3.59. The first-order valence-corrected chi connectivity index (χ1v) is 10.7. The van der Waals surface area contributed by atoms with E-state index in [4.69, 9.17) is 9.26 Å². The Morgan fingerprint density at radius 2 is 1.81 bits per heavy atom. The minimum Gasteiger partial charge on any atom is -0.378 e. The van der Waals surface area contributed by atoms with E-state index in [0.29, 0.717) is 51.0 Å². The quantitative estimate of drug-likeness (QED) is 0.478. The van der Waals surface area contributed by atoms with Crippen molar-refractivity contribution in [1.82, 2.24) is 30.0 Å². The van der Waals surface area contributed by atoms with Crippen LogP contribution in [0.4, 0.5) is 0 Å². The van der Waals surface area contributed by atoms with Gasteiger partial charge in [-0.1, -0.05) is 27.6 Å². The SMILES string of the molecule is Cc1cc(C)cc(-c2nc(-c3ccc4c(c3)nnn4CCC(=O)N3CCOCC3)no2)c1. The number of nitrogens with zero attached hydrogens (tertiary/aromatic N) is 6. The Kier molecular flexibility index (Phi) is 5.40. The molecule has 9 nitrogen and oxygen atoms in total. The zero-order chi connectivity index (χ0) is 22.1. The Balaban J connectivity index is 1.33. The summed E-state index contributed by atoms with van der Waals surface area (Å²) in [5.41, 5.74) is 5.57. The molecule has 0 bridgehead atoms. The van der Waals surface area contributed by atoms with Gasteiger partial charge in [0.05, 0.1) is 25.3 Å². The highest BCUT2D eigenvalue weighted by Crippen LogP contribution is 2.26. The molecule has 0 aliphatic carbocycles. The summed E-state index contributed by atoms with van der Waals surface area (Å²) in [6.45, 7) is 7.05. The largest absolute Gasteiger partial charge is 0.378 e. The molecule has 4 aromatic rings. The zero-order valence-electron chi connectivity index (χ0n) is 18.1. The third kappa shape index (κ3) is 4.11. The Bertz CT molecular complexity index is 1250. The lowest BCUT2D eigenvalue weighted by Crippen LogP contribution is -2.41. The molecule has 1 saturated heterocycles. The van der Waals surface area contributed by atoms with E-state index in [2.05, 4.69) is 26.5 Å². The number of aryl methyl sites for hydroxylation is 3. The molecule has 0 spiro atoms. The monoisotopic (exact) mass is 432 g/mol. The fourth-order valence-electron chi connectivity index (χ4n) is 4.00. The number of carbonyl (C=O) groups is 1. The van der Waals surface area contributed by atoms with Gasteiger partial charge in [0.25, 0.3) is 5.89 Å². The van der Waals surface area contributed by atoms with Crippen molar-refractivity contribution in [2.75, 3.05) is 26.3 Å². The van der Waals surface area contributed by atoms with E-state index >= 15 is 0 Å². The fourth-order valence-corrected chi connectivity index (χ4v) is 4.00. The van der Waals surface area contributed by atoms with E-state index in [-0.39, 0.29) is 5.91 Å². The van der Waals surface area contributed by atoms with Gasteiger partial charge >= 0.3 is 0 Å². The number of ether oxygens (including phenoxy) is 1. The maximum atomic E-state index is 12.4. The molecule has 0 atom stereocenters. The Morgan fingerprint density at radius 3 is 2.59 bits per heavy atom. The van der Waals surface area contributed by atoms with E-state index in [1.165, 1.54) is 0 Å². The highest BCUT2D eigenvalue weighted by Gasteiger charge is 2.18. The summed E-state index contributed by atoms with van der Waals surface area (Å²) < 4.78 is 12.6. The predicted molar refractivity (Wildman–Crippen MR) is 118 cm³/mol. The predicted octanol–water partition coefficient (Wildman–Crippen LogP) is 3.01. The maximum Gasteiger partial charge on any atom is 0.258 e. The van der Waals surface area contributed by atoms with Crippen LogP contribution >= 0.6 is 0 Å². The molecule has 0 saturated carbocycles. The summed E-state index contributed by atoms with van der Waals surface area (Å²) >= 11 is 0. The van der Waals surface area contributed by atoms with E-state index < -0.39 is 0 Å². The molecule has 2 aromatic heterocycles. The standard InChI is InChI=1S/C23H24N6O3/c1-15-11-16(2)13-18(12-15)23-24-22(26-32-23)17-3-4-20-19(14-17)25-27-29(20)6-5-21(30)28-7-9-31-10-8-28/h3-4,11-14H,5-10H2,1-2H3. The summed E-state index contributed by atoms with van der Waals surface area (Å²) in [4.78, 5) is 18.8. The summed E-state index contributed by atoms with van der Waals surface area (Å²) in [6, 6.07) is 11.9. The van der Waals surface area contributed by atoms with Gasteiger partial charge < -0.3 is 14.2 Å². The molecule has 1 fully saturated rings. The number of rotatable bonds is 5. The molecule has 164 valence electrons. The summed E-state index contributed by atoms with van der Waals surface area (Å²) in [7, 11) is 0. The summed E-state index contributed by atoms with van der Waals surface area (Å²) in [5.74, 6) is 1.09. The molecule has 5 rings (SSSR count). The number of hydrogen-bond donors (Lipinski definition) is 0. The van der Waals surface area contributed by atoms with Gasteiger partial charge in [-0.15, -0.1) is 5.10 Å². The first-order valence-electron chi connectivity index (χ1n) is 10.7. The highest BCUT2D eigenvalue weighted by atomic mass is 16.5. The zero-order valence-corrected chi connectivity index (χ0v) is 18.1. The number of morpholine rings is 1. The number of fused-ring (bicyclic) bond motifs is 1. The van der Waals surface area contributed by atoms with Gasteiger partial charge in [-0.3, -0.25) is 4.79 Å². The molecular weight excluding hydrogens is 408 g/mol. The van der Waals surface area contributed by atoms with Crippen LogP contribution < -0.4 is 0 Å². The molecule has 0 N–H and O–H groups in total. The minimum atomic E-state index is 0.110. The van der Waals surface area contributed by atoms with E-state index in [9.17, 15) is 4.79 Å². The molecule has 0 radical (unpaired) electrons. The smallest absolute Gasteiger partial charge is 0.258 e. The topological polar surface area (TPSA) is 99.2 Å². The number of benzene rings is 2. The molecule has 1 amide bonds. The van der Waals surface area contributed by atoms with E-state index in [1.807, 2.05) is 49.1 Å². The summed E-state index contributed by atoms with van der Waals surface area (Å²) in [6.07, 6.45) is 0.379. The number of aromatic nitrogens is 5. The van der Waals surface area contributed by atoms with Crippen LogP contribution in [0.15, 0.2) is 40.9 Å². The van der Waals surface area contributed by atoms with Crippen LogP contribution in [-0.2, 0) is 16.1 Å². The van der Waals surface area contributed by atoms with Crippen molar-refractivity contribution in [3.8, 4) is 22.8 Å². The molecule has 9 heteroatoms. The average molecular weight is 432 g/mol. The van der Waals surface area contributed by atoms with E-state index in [0.717, 1.165) is 33.3 Å². The van der Waals surface area contributed by atoms with Gasteiger partial charge in [-0.05, 0) is 44.2 Å². The van der Waals surface area contributed by atoms with Crippen molar-refractivity contribution in [2.45, 2.75) is 26.8 Å². The average Bonchev–Trinajstić information content (AvgIpc) is 3.44. The minimum absolute atomic E-state index is 0.110. The van der Waals surface area contributed by atoms with Gasteiger partial charge in [0, 0.05) is 30.6 Å². The van der Waals surface area contributed by atoms with Crippen LogP contribution in [0.5, 0.6) is 0 Å².